The highest BCUT2D eigenvalue weighted by molar-refractivity contribution is 7.12. The number of rotatable bonds is 6. The Kier molecular flexibility index (Phi) is 5.83. The van der Waals surface area contributed by atoms with E-state index in [1.165, 1.54) is 34.7 Å². The lowest BCUT2D eigenvalue weighted by atomic mass is 10.0. The average molecular weight is 412 g/mol. The SMILES string of the molecule is O=C(NCCc1nc2c(s1)CCCC2)c1cccc(NC(=O)c2cccs2)c1. The molecular formula is C21H21N3O2S2. The standard InChI is InChI=1S/C21H21N3O2S2/c25-20(22-11-10-19-24-16-7-1-2-8-17(16)28-19)14-5-3-6-15(13-14)23-21(26)18-9-4-12-27-18/h3-6,9,12-13H,1-2,7-8,10-11H2,(H,22,25)(H,23,26). The Hall–Kier alpha value is -2.51. The van der Waals surface area contributed by atoms with E-state index >= 15 is 0 Å². The minimum Gasteiger partial charge on any atom is -0.352 e. The summed E-state index contributed by atoms with van der Waals surface area (Å²) in [5, 5.41) is 8.75. The van der Waals surface area contributed by atoms with Gasteiger partial charge in [0.05, 0.1) is 15.6 Å². The molecule has 0 saturated heterocycles. The highest BCUT2D eigenvalue weighted by atomic mass is 32.1. The van der Waals surface area contributed by atoms with E-state index in [1.54, 1.807) is 41.7 Å². The summed E-state index contributed by atoms with van der Waals surface area (Å²) in [6.07, 6.45) is 5.46. The molecule has 2 heterocycles. The van der Waals surface area contributed by atoms with Crippen LogP contribution >= 0.6 is 22.7 Å². The van der Waals surface area contributed by atoms with E-state index in [0.717, 1.165) is 24.3 Å². The number of hydrogen-bond acceptors (Lipinski definition) is 5. The van der Waals surface area contributed by atoms with E-state index in [2.05, 4.69) is 10.6 Å². The third-order valence-electron chi connectivity index (χ3n) is 4.64. The van der Waals surface area contributed by atoms with E-state index in [9.17, 15) is 9.59 Å². The van der Waals surface area contributed by atoms with Crippen LogP contribution in [0.2, 0.25) is 0 Å². The average Bonchev–Trinajstić information content (AvgIpc) is 3.37. The fourth-order valence-corrected chi connectivity index (χ4v) is 5.01. The molecule has 1 aromatic carbocycles. The first-order valence-electron chi connectivity index (χ1n) is 9.39. The molecule has 0 atom stereocenters. The van der Waals surface area contributed by atoms with E-state index in [1.807, 2.05) is 11.4 Å². The van der Waals surface area contributed by atoms with Crippen molar-refractivity contribution in [2.75, 3.05) is 11.9 Å². The van der Waals surface area contributed by atoms with E-state index in [0.29, 0.717) is 22.7 Å². The Balaban J connectivity index is 1.32. The molecule has 0 spiro atoms. The zero-order valence-electron chi connectivity index (χ0n) is 15.4. The number of carbonyl (C=O) groups is 2. The van der Waals surface area contributed by atoms with Crippen LogP contribution in [0.25, 0.3) is 0 Å². The summed E-state index contributed by atoms with van der Waals surface area (Å²) in [4.78, 5) is 31.4. The van der Waals surface area contributed by atoms with Crippen molar-refractivity contribution < 1.29 is 9.59 Å². The number of anilines is 1. The Bertz CT molecular complexity index is 956. The molecule has 5 nitrogen and oxygen atoms in total. The molecule has 2 N–H and O–H groups in total. The number of hydrogen-bond donors (Lipinski definition) is 2. The minimum atomic E-state index is -0.166. The second kappa shape index (κ2) is 8.67. The van der Waals surface area contributed by atoms with Crippen molar-refractivity contribution in [2.45, 2.75) is 32.1 Å². The summed E-state index contributed by atoms with van der Waals surface area (Å²) in [6.45, 7) is 0.553. The largest absolute Gasteiger partial charge is 0.352 e. The van der Waals surface area contributed by atoms with Gasteiger partial charge in [0.15, 0.2) is 0 Å². The van der Waals surface area contributed by atoms with Gasteiger partial charge in [-0.1, -0.05) is 12.1 Å². The third-order valence-corrected chi connectivity index (χ3v) is 6.73. The van der Waals surface area contributed by atoms with Crippen molar-refractivity contribution in [2.24, 2.45) is 0 Å². The van der Waals surface area contributed by atoms with Gasteiger partial charge in [-0.2, -0.15) is 0 Å². The third kappa shape index (κ3) is 4.48. The molecule has 4 rings (SSSR count). The van der Waals surface area contributed by atoms with Crippen LogP contribution in [0.1, 0.15) is 48.5 Å². The van der Waals surface area contributed by atoms with Gasteiger partial charge in [0, 0.05) is 29.1 Å². The van der Waals surface area contributed by atoms with E-state index in [-0.39, 0.29) is 11.8 Å². The van der Waals surface area contributed by atoms with Crippen molar-refractivity contribution in [1.29, 1.82) is 0 Å². The van der Waals surface area contributed by atoms with Crippen molar-refractivity contribution >= 4 is 40.2 Å². The first-order chi connectivity index (χ1) is 13.7. The van der Waals surface area contributed by atoms with E-state index < -0.39 is 0 Å². The molecule has 1 aliphatic carbocycles. The normalized spacial score (nSPS) is 13.0. The van der Waals surface area contributed by atoms with Crippen LogP contribution in [0.4, 0.5) is 5.69 Å². The first-order valence-corrected chi connectivity index (χ1v) is 11.1. The molecule has 0 fully saturated rings. The van der Waals surface area contributed by atoms with Crippen molar-refractivity contribution in [3.05, 3.63) is 67.8 Å². The number of thiophene rings is 1. The van der Waals surface area contributed by atoms with Crippen LogP contribution in [0.3, 0.4) is 0 Å². The molecule has 1 aliphatic rings. The summed E-state index contributed by atoms with van der Waals surface area (Å²) in [7, 11) is 0. The topological polar surface area (TPSA) is 71.1 Å². The van der Waals surface area contributed by atoms with Gasteiger partial charge in [-0.05, 0) is 55.3 Å². The molecule has 144 valence electrons. The number of fused-ring (bicyclic) bond motifs is 1. The number of aryl methyl sites for hydroxylation is 2. The Morgan fingerprint density at radius 3 is 2.79 bits per heavy atom. The zero-order chi connectivity index (χ0) is 19.3. The quantitative estimate of drug-likeness (QED) is 0.635. The number of benzene rings is 1. The Morgan fingerprint density at radius 1 is 1.07 bits per heavy atom. The van der Waals surface area contributed by atoms with Crippen molar-refractivity contribution in [3.8, 4) is 0 Å². The lowest BCUT2D eigenvalue weighted by Gasteiger charge is -2.07. The number of carbonyl (C=O) groups excluding carboxylic acids is 2. The van der Waals surface area contributed by atoms with Gasteiger partial charge in [-0.3, -0.25) is 9.59 Å². The predicted molar refractivity (Wildman–Crippen MR) is 114 cm³/mol. The Labute approximate surface area is 171 Å². The molecule has 3 aromatic rings. The summed E-state index contributed by atoms with van der Waals surface area (Å²) >= 11 is 3.17. The van der Waals surface area contributed by atoms with Crippen LogP contribution in [0, 0.1) is 0 Å². The second-order valence-electron chi connectivity index (χ2n) is 6.70. The van der Waals surface area contributed by atoms with Gasteiger partial charge < -0.3 is 10.6 Å². The van der Waals surface area contributed by atoms with Crippen LogP contribution in [-0.2, 0) is 19.3 Å². The van der Waals surface area contributed by atoms with Crippen molar-refractivity contribution in [3.63, 3.8) is 0 Å². The number of nitrogens with one attached hydrogen (secondary N) is 2. The molecule has 0 bridgehead atoms. The highest BCUT2D eigenvalue weighted by Gasteiger charge is 2.15. The maximum absolute atomic E-state index is 12.5. The van der Waals surface area contributed by atoms with Crippen LogP contribution < -0.4 is 10.6 Å². The van der Waals surface area contributed by atoms with Crippen molar-refractivity contribution in [1.82, 2.24) is 10.3 Å². The summed E-state index contributed by atoms with van der Waals surface area (Å²) in [5.41, 5.74) is 2.40. The maximum atomic E-state index is 12.5. The van der Waals surface area contributed by atoms with Gasteiger partial charge in [0.1, 0.15) is 0 Å². The number of nitrogens with zero attached hydrogens (tertiary/aromatic N) is 1. The minimum absolute atomic E-state index is 0.145. The predicted octanol–water partition coefficient (Wildman–Crippen LogP) is 4.31. The second-order valence-corrected chi connectivity index (χ2v) is 8.82. The van der Waals surface area contributed by atoms with Crippen LogP contribution in [-0.4, -0.2) is 23.3 Å². The number of thiazole rings is 1. The Morgan fingerprint density at radius 2 is 1.96 bits per heavy atom. The zero-order valence-corrected chi connectivity index (χ0v) is 17.0. The highest BCUT2D eigenvalue weighted by Crippen LogP contribution is 2.26. The van der Waals surface area contributed by atoms with Crippen LogP contribution in [0.15, 0.2) is 41.8 Å². The first kappa shape index (κ1) is 18.8. The summed E-state index contributed by atoms with van der Waals surface area (Å²) in [6, 6.07) is 10.6. The smallest absolute Gasteiger partial charge is 0.265 e. The molecule has 0 unspecified atom stereocenters. The molecule has 0 aliphatic heterocycles. The molecular weight excluding hydrogens is 390 g/mol. The maximum Gasteiger partial charge on any atom is 0.265 e. The molecule has 2 amide bonds. The molecule has 0 radical (unpaired) electrons. The van der Waals surface area contributed by atoms with Gasteiger partial charge in [0.25, 0.3) is 11.8 Å². The van der Waals surface area contributed by atoms with Gasteiger partial charge in [-0.25, -0.2) is 4.98 Å². The molecule has 2 aromatic heterocycles. The monoisotopic (exact) mass is 411 g/mol. The number of amides is 2. The molecule has 0 saturated carbocycles. The molecule has 28 heavy (non-hydrogen) atoms. The van der Waals surface area contributed by atoms with Crippen LogP contribution in [0.5, 0.6) is 0 Å². The fourth-order valence-electron chi connectivity index (χ4n) is 3.24. The number of aromatic nitrogens is 1. The van der Waals surface area contributed by atoms with Gasteiger partial charge in [0.2, 0.25) is 0 Å². The fraction of sp³-hybridized carbons (Fsp3) is 0.286. The summed E-state index contributed by atoms with van der Waals surface area (Å²) < 4.78 is 0. The lowest BCUT2D eigenvalue weighted by molar-refractivity contribution is 0.0952. The van der Waals surface area contributed by atoms with Gasteiger partial charge >= 0.3 is 0 Å². The summed E-state index contributed by atoms with van der Waals surface area (Å²) in [5.74, 6) is -0.311. The molecule has 7 heteroatoms. The lowest BCUT2D eigenvalue weighted by Crippen LogP contribution is -2.25. The van der Waals surface area contributed by atoms with Gasteiger partial charge in [-0.15, -0.1) is 22.7 Å². The van der Waals surface area contributed by atoms with E-state index in [4.69, 9.17) is 4.98 Å².